The Kier molecular flexibility index (Phi) is 7.61. The van der Waals surface area contributed by atoms with Crippen LogP contribution in [0, 0.1) is 0 Å². The maximum atomic E-state index is 4.76. The summed E-state index contributed by atoms with van der Waals surface area (Å²) in [5.74, 6) is 1.28. The lowest BCUT2D eigenvalue weighted by Gasteiger charge is -2.27. The van der Waals surface area contributed by atoms with Gasteiger partial charge in [-0.25, -0.2) is 9.97 Å². The molecule has 0 aliphatic carbocycles. The highest BCUT2D eigenvalue weighted by atomic mass is 15.2. The Morgan fingerprint density at radius 1 is 1.19 bits per heavy atom. The van der Waals surface area contributed by atoms with Crippen LogP contribution in [-0.2, 0) is 6.54 Å². The number of hydrogen-bond donors (Lipinski definition) is 1. The van der Waals surface area contributed by atoms with Crippen molar-refractivity contribution in [3.05, 3.63) is 17.7 Å². The molecule has 1 heterocycles. The van der Waals surface area contributed by atoms with E-state index < -0.39 is 0 Å². The number of likely N-dealkylation sites (N-methyl/N-ethyl adjacent to an activating group) is 1. The molecule has 21 heavy (non-hydrogen) atoms. The number of nitrogens with zero attached hydrogens (tertiary/aromatic N) is 4. The fraction of sp³-hybridized carbons (Fsp3) is 0.750. The zero-order chi connectivity index (χ0) is 15.8. The van der Waals surface area contributed by atoms with Gasteiger partial charge in [-0.1, -0.05) is 20.8 Å². The molecule has 0 saturated heterocycles. The van der Waals surface area contributed by atoms with Gasteiger partial charge < -0.3 is 15.1 Å². The van der Waals surface area contributed by atoms with Crippen LogP contribution in [0.15, 0.2) is 6.20 Å². The largest absolute Gasteiger partial charge is 0.367 e. The summed E-state index contributed by atoms with van der Waals surface area (Å²) in [4.78, 5) is 13.9. The normalized spacial score (nSPS) is 11.4. The molecule has 0 amide bonds. The third-order valence-corrected chi connectivity index (χ3v) is 3.38. The van der Waals surface area contributed by atoms with Crippen LogP contribution in [0.2, 0.25) is 0 Å². The second kappa shape index (κ2) is 8.95. The average Bonchev–Trinajstić information content (AvgIpc) is 2.43. The molecule has 0 aliphatic heterocycles. The molecule has 5 nitrogen and oxygen atoms in total. The molecule has 1 rings (SSSR count). The van der Waals surface area contributed by atoms with E-state index in [1.807, 2.05) is 13.2 Å². The number of anilines is 1. The van der Waals surface area contributed by atoms with Crippen LogP contribution in [0.25, 0.3) is 0 Å². The molecule has 0 bridgehead atoms. The van der Waals surface area contributed by atoms with Gasteiger partial charge in [-0.15, -0.1) is 0 Å². The third-order valence-electron chi connectivity index (χ3n) is 3.38. The molecular weight excluding hydrogens is 262 g/mol. The van der Waals surface area contributed by atoms with E-state index in [1.165, 1.54) is 0 Å². The average molecular weight is 293 g/mol. The monoisotopic (exact) mass is 293 g/mol. The highest BCUT2D eigenvalue weighted by molar-refractivity contribution is 5.49. The first kappa shape index (κ1) is 17.9. The van der Waals surface area contributed by atoms with E-state index in [-0.39, 0.29) is 0 Å². The number of rotatable bonds is 9. The van der Waals surface area contributed by atoms with Gasteiger partial charge >= 0.3 is 0 Å². The molecule has 0 aliphatic rings. The summed E-state index contributed by atoms with van der Waals surface area (Å²) < 4.78 is 0. The molecule has 5 heteroatoms. The molecule has 0 radical (unpaired) electrons. The van der Waals surface area contributed by atoms with Crippen LogP contribution < -0.4 is 10.2 Å². The van der Waals surface area contributed by atoms with Crippen LogP contribution in [0.4, 0.5) is 5.69 Å². The van der Waals surface area contributed by atoms with E-state index >= 15 is 0 Å². The third kappa shape index (κ3) is 5.59. The Bertz CT molecular complexity index is 417. The lowest BCUT2D eigenvalue weighted by molar-refractivity contribution is 0.412. The predicted octanol–water partition coefficient (Wildman–Crippen LogP) is 2.10. The van der Waals surface area contributed by atoms with Gasteiger partial charge in [0.05, 0.1) is 17.6 Å². The molecule has 0 atom stereocenters. The molecular formula is C16H31N5. The van der Waals surface area contributed by atoms with Crippen molar-refractivity contribution in [3.63, 3.8) is 0 Å². The van der Waals surface area contributed by atoms with Crippen LogP contribution >= 0.6 is 0 Å². The Labute approximate surface area is 129 Å². The number of hydrogen-bond acceptors (Lipinski definition) is 5. The van der Waals surface area contributed by atoms with Gasteiger partial charge in [0.15, 0.2) is 0 Å². The minimum absolute atomic E-state index is 0.357. The van der Waals surface area contributed by atoms with Crippen molar-refractivity contribution in [2.75, 3.05) is 45.7 Å². The van der Waals surface area contributed by atoms with Crippen molar-refractivity contribution in [2.45, 2.75) is 39.7 Å². The standard InChI is InChI=1S/C16H31N5/c1-7-8-21(10-9-20(5)6)15-12-18-16(13(2)3)19-14(15)11-17-4/h12-13,17H,7-11H2,1-6H3. The van der Waals surface area contributed by atoms with Gasteiger partial charge in [0.25, 0.3) is 0 Å². The zero-order valence-electron chi connectivity index (χ0n) is 14.5. The summed E-state index contributed by atoms with van der Waals surface area (Å²) >= 11 is 0. The molecule has 0 unspecified atom stereocenters. The lowest BCUT2D eigenvalue weighted by atomic mass is 10.2. The van der Waals surface area contributed by atoms with Gasteiger partial charge in [0.1, 0.15) is 5.82 Å². The fourth-order valence-electron chi connectivity index (χ4n) is 2.21. The molecule has 1 aromatic heterocycles. The van der Waals surface area contributed by atoms with Gasteiger partial charge in [-0.2, -0.15) is 0 Å². The van der Waals surface area contributed by atoms with Crippen molar-refractivity contribution in [1.29, 1.82) is 0 Å². The quantitative estimate of drug-likeness (QED) is 0.755. The molecule has 0 aromatic carbocycles. The van der Waals surface area contributed by atoms with Gasteiger partial charge in [-0.3, -0.25) is 0 Å². The molecule has 1 N–H and O–H groups in total. The number of aromatic nitrogens is 2. The van der Waals surface area contributed by atoms with Gasteiger partial charge in [0, 0.05) is 32.1 Å². The Morgan fingerprint density at radius 2 is 1.90 bits per heavy atom. The van der Waals surface area contributed by atoms with E-state index in [2.05, 4.69) is 55.0 Å². The first-order chi connectivity index (χ1) is 9.99. The summed E-state index contributed by atoms with van der Waals surface area (Å²) in [6.45, 7) is 10.3. The Balaban J connectivity index is 3.03. The molecule has 120 valence electrons. The highest BCUT2D eigenvalue weighted by Gasteiger charge is 2.15. The van der Waals surface area contributed by atoms with Crippen LogP contribution in [0.3, 0.4) is 0 Å². The first-order valence-electron chi connectivity index (χ1n) is 7.89. The van der Waals surface area contributed by atoms with Crippen LogP contribution in [-0.4, -0.2) is 55.6 Å². The Morgan fingerprint density at radius 3 is 2.43 bits per heavy atom. The summed E-state index contributed by atoms with van der Waals surface area (Å²) in [5.41, 5.74) is 2.26. The van der Waals surface area contributed by atoms with E-state index in [4.69, 9.17) is 4.98 Å². The van der Waals surface area contributed by atoms with Gasteiger partial charge in [-0.05, 0) is 27.6 Å². The smallest absolute Gasteiger partial charge is 0.131 e. The van der Waals surface area contributed by atoms with Crippen molar-refractivity contribution in [3.8, 4) is 0 Å². The molecule has 0 spiro atoms. The summed E-state index contributed by atoms with van der Waals surface area (Å²) in [6.07, 6.45) is 3.12. The van der Waals surface area contributed by atoms with E-state index in [1.54, 1.807) is 0 Å². The Hall–Kier alpha value is -1.20. The first-order valence-corrected chi connectivity index (χ1v) is 7.89. The second-order valence-corrected chi connectivity index (χ2v) is 6.04. The molecule has 0 saturated carbocycles. The SMILES string of the molecule is CCCN(CCN(C)C)c1cnc(C(C)C)nc1CNC. The maximum Gasteiger partial charge on any atom is 0.131 e. The summed E-state index contributed by atoms with van der Waals surface area (Å²) in [6, 6.07) is 0. The molecule has 1 aromatic rings. The second-order valence-electron chi connectivity index (χ2n) is 6.04. The number of nitrogens with one attached hydrogen (secondary N) is 1. The van der Waals surface area contributed by atoms with Crippen molar-refractivity contribution < 1.29 is 0 Å². The van der Waals surface area contributed by atoms with E-state index in [0.717, 1.165) is 49.8 Å². The minimum Gasteiger partial charge on any atom is -0.367 e. The topological polar surface area (TPSA) is 44.3 Å². The van der Waals surface area contributed by atoms with Crippen LogP contribution in [0.1, 0.15) is 44.6 Å². The van der Waals surface area contributed by atoms with Gasteiger partial charge in [0.2, 0.25) is 0 Å². The van der Waals surface area contributed by atoms with Crippen LogP contribution in [0.5, 0.6) is 0 Å². The van der Waals surface area contributed by atoms with Crippen molar-refractivity contribution in [1.82, 2.24) is 20.2 Å². The zero-order valence-corrected chi connectivity index (χ0v) is 14.5. The predicted molar refractivity (Wildman–Crippen MR) is 89.9 cm³/mol. The lowest BCUT2D eigenvalue weighted by Crippen LogP contribution is -2.33. The minimum atomic E-state index is 0.357. The van der Waals surface area contributed by atoms with E-state index in [9.17, 15) is 0 Å². The maximum absolute atomic E-state index is 4.76. The fourth-order valence-corrected chi connectivity index (χ4v) is 2.21. The van der Waals surface area contributed by atoms with Crippen molar-refractivity contribution >= 4 is 5.69 Å². The summed E-state index contributed by atoms with van der Waals surface area (Å²) in [5, 5.41) is 3.23. The molecule has 0 fully saturated rings. The van der Waals surface area contributed by atoms with E-state index in [0.29, 0.717) is 5.92 Å². The van der Waals surface area contributed by atoms with Crippen molar-refractivity contribution in [2.24, 2.45) is 0 Å². The summed E-state index contributed by atoms with van der Waals surface area (Å²) in [7, 11) is 6.18. The highest BCUT2D eigenvalue weighted by Crippen LogP contribution is 2.20.